The predicted molar refractivity (Wildman–Crippen MR) is 79.9 cm³/mol. The second kappa shape index (κ2) is 5.38. The van der Waals surface area contributed by atoms with E-state index < -0.39 is 0 Å². The van der Waals surface area contributed by atoms with Crippen molar-refractivity contribution in [2.24, 2.45) is 0 Å². The lowest BCUT2D eigenvalue weighted by Gasteiger charge is -2.29. The van der Waals surface area contributed by atoms with Gasteiger partial charge in [-0.3, -0.25) is 0 Å². The van der Waals surface area contributed by atoms with E-state index in [-0.39, 0.29) is 12.7 Å². The van der Waals surface area contributed by atoms with Gasteiger partial charge in [-0.15, -0.1) is 0 Å². The van der Waals surface area contributed by atoms with Crippen LogP contribution in [0.5, 0.6) is 0 Å². The van der Waals surface area contributed by atoms with Gasteiger partial charge in [-0.2, -0.15) is 0 Å². The quantitative estimate of drug-likeness (QED) is 0.931. The summed E-state index contributed by atoms with van der Waals surface area (Å²) in [5.41, 5.74) is 0.869. The van der Waals surface area contributed by atoms with Gasteiger partial charge in [0.2, 0.25) is 0 Å². The molecule has 106 valence electrons. The second-order valence-electron chi connectivity index (χ2n) is 5.35. The van der Waals surface area contributed by atoms with Crippen molar-refractivity contribution >= 4 is 16.6 Å². The van der Waals surface area contributed by atoms with E-state index in [1.807, 2.05) is 18.2 Å². The molecule has 4 heteroatoms. The number of anilines is 1. The molecule has 2 heterocycles. The Balaban J connectivity index is 2.07. The number of nitrogens with zero attached hydrogens (tertiary/aromatic N) is 2. The molecule has 1 fully saturated rings. The standard InChI is InChI=1S/C16H20N2O2/c1-11-15(7-8-20-11)18(2)16-14-6-4-3-5-13(14)12(10-19)9-17-16/h3-6,9,11,15,19H,7-8,10H2,1-2H3. The molecule has 0 bridgehead atoms. The molecular weight excluding hydrogens is 252 g/mol. The van der Waals surface area contributed by atoms with Gasteiger partial charge in [-0.1, -0.05) is 24.3 Å². The van der Waals surface area contributed by atoms with E-state index in [0.717, 1.165) is 35.2 Å². The van der Waals surface area contributed by atoms with Crippen LogP contribution in [0.15, 0.2) is 30.5 Å². The number of benzene rings is 1. The number of aliphatic hydroxyl groups is 1. The number of fused-ring (bicyclic) bond motifs is 1. The van der Waals surface area contributed by atoms with Gasteiger partial charge in [0.15, 0.2) is 0 Å². The number of hydrogen-bond donors (Lipinski definition) is 1. The van der Waals surface area contributed by atoms with Crippen molar-refractivity contribution in [3.8, 4) is 0 Å². The fourth-order valence-corrected chi connectivity index (χ4v) is 3.03. The van der Waals surface area contributed by atoms with Crippen molar-refractivity contribution in [3.05, 3.63) is 36.0 Å². The van der Waals surface area contributed by atoms with Gasteiger partial charge in [0.05, 0.1) is 18.8 Å². The summed E-state index contributed by atoms with van der Waals surface area (Å²) in [5.74, 6) is 0.958. The average Bonchev–Trinajstić information content (AvgIpc) is 2.91. The molecule has 1 aromatic heterocycles. The second-order valence-corrected chi connectivity index (χ2v) is 5.35. The van der Waals surface area contributed by atoms with Crippen LogP contribution < -0.4 is 4.90 Å². The van der Waals surface area contributed by atoms with Gasteiger partial charge in [0, 0.05) is 30.8 Å². The first-order valence-electron chi connectivity index (χ1n) is 7.04. The van der Waals surface area contributed by atoms with Gasteiger partial charge in [-0.05, 0) is 18.7 Å². The van der Waals surface area contributed by atoms with E-state index in [0.29, 0.717) is 6.04 Å². The van der Waals surface area contributed by atoms with Crippen molar-refractivity contribution < 1.29 is 9.84 Å². The molecule has 1 N–H and O–H groups in total. The number of likely N-dealkylation sites (N-methyl/N-ethyl adjacent to an activating group) is 1. The van der Waals surface area contributed by atoms with Crippen LogP contribution in [0, 0.1) is 0 Å². The van der Waals surface area contributed by atoms with E-state index in [1.54, 1.807) is 6.20 Å². The van der Waals surface area contributed by atoms with Gasteiger partial charge < -0.3 is 14.7 Å². The molecule has 20 heavy (non-hydrogen) atoms. The van der Waals surface area contributed by atoms with Crippen LogP contribution in [0.1, 0.15) is 18.9 Å². The maximum Gasteiger partial charge on any atom is 0.136 e. The Labute approximate surface area is 119 Å². The molecule has 4 nitrogen and oxygen atoms in total. The Hall–Kier alpha value is -1.65. The van der Waals surface area contributed by atoms with Gasteiger partial charge in [-0.25, -0.2) is 4.98 Å². The minimum absolute atomic E-state index is 0.0143. The van der Waals surface area contributed by atoms with Crippen molar-refractivity contribution in [1.29, 1.82) is 0 Å². The lowest BCUT2D eigenvalue weighted by Crippen LogP contribution is -2.37. The predicted octanol–water partition coefficient (Wildman–Crippen LogP) is 2.34. The fourth-order valence-electron chi connectivity index (χ4n) is 3.03. The van der Waals surface area contributed by atoms with Crippen LogP contribution in [0.4, 0.5) is 5.82 Å². The summed E-state index contributed by atoms with van der Waals surface area (Å²) in [4.78, 5) is 6.78. The normalized spacial score (nSPS) is 22.4. The Morgan fingerprint density at radius 2 is 2.10 bits per heavy atom. The van der Waals surface area contributed by atoms with E-state index in [9.17, 15) is 5.11 Å². The number of ether oxygens (including phenoxy) is 1. The number of hydrogen-bond acceptors (Lipinski definition) is 4. The summed E-state index contributed by atoms with van der Waals surface area (Å²) < 4.78 is 5.66. The maximum absolute atomic E-state index is 9.45. The average molecular weight is 272 g/mol. The molecule has 2 atom stereocenters. The van der Waals surface area contributed by atoms with E-state index in [1.165, 1.54) is 0 Å². The Bertz CT molecular complexity index is 614. The molecule has 1 saturated heterocycles. The monoisotopic (exact) mass is 272 g/mol. The van der Waals surface area contributed by atoms with Crippen molar-refractivity contribution in [2.45, 2.75) is 32.1 Å². The Morgan fingerprint density at radius 1 is 1.35 bits per heavy atom. The molecule has 3 rings (SSSR count). The van der Waals surface area contributed by atoms with Crippen LogP contribution >= 0.6 is 0 Å². The number of aromatic nitrogens is 1. The number of aliphatic hydroxyl groups excluding tert-OH is 1. The first kappa shape index (κ1) is 13.3. The highest BCUT2D eigenvalue weighted by Gasteiger charge is 2.29. The third-order valence-electron chi connectivity index (χ3n) is 4.19. The van der Waals surface area contributed by atoms with Crippen molar-refractivity contribution in [1.82, 2.24) is 4.98 Å². The summed E-state index contributed by atoms with van der Waals surface area (Å²) in [6.07, 6.45) is 3.02. The molecule has 2 aromatic rings. The summed E-state index contributed by atoms with van der Waals surface area (Å²) in [7, 11) is 2.07. The Morgan fingerprint density at radius 3 is 2.75 bits per heavy atom. The highest BCUT2D eigenvalue weighted by molar-refractivity contribution is 5.94. The summed E-state index contributed by atoms with van der Waals surface area (Å²) in [6, 6.07) is 8.46. The zero-order valence-corrected chi connectivity index (χ0v) is 11.9. The molecule has 0 radical (unpaired) electrons. The minimum Gasteiger partial charge on any atom is -0.392 e. The first-order chi connectivity index (χ1) is 9.72. The SMILES string of the molecule is CC1OCCC1N(C)c1ncc(CO)c2ccccc12. The lowest BCUT2D eigenvalue weighted by molar-refractivity contribution is 0.118. The van der Waals surface area contributed by atoms with E-state index >= 15 is 0 Å². The first-order valence-corrected chi connectivity index (χ1v) is 7.04. The van der Waals surface area contributed by atoms with Gasteiger partial charge in [0.25, 0.3) is 0 Å². The summed E-state index contributed by atoms with van der Waals surface area (Å²) in [6.45, 7) is 2.93. The molecule has 0 spiro atoms. The van der Waals surface area contributed by atoms with Crippen LogP contribution in [0.3, 0.4) is 0 Å². The minimum atomic E-state index is 0.0143. The van der Waals surface area contributed by atoms with Gasteiger partial charge in [0.1, 0.15) is 5.82 Å². The topological polar surface area (TPSA) is 45.6 Å². The number of rotatable bonds is 3. The highest BCUT2D eigenvalue weighted by atomic mass is 16.5. The third kappa shape index (κ3) is 2.15. The van der Waals surface area contributed by atoms with E-state index in [4.69, 9.17) is 4.74 Å². The van der Waals surface area contributed by atoms with Crippen molar-refractivity contribution in [2.75, 3.05) is 18.6 Å². The molecule has 1 aromatic carbocycles. The van der Waals surface area contributed by atoms with Crippen LogP contribution in [-0.2, 0) is 11.3 Å². The smallest absolute Gasteiger partial charge is 0.136 e. The zero-order chi connectivity index (χ0) is 14.1. The largest absolute Gasteiger partial charge is 0.392 e. The molecule has 0 amide bonds. The molecule has 0 saturated carbocycles. The van der Waals surface area contributed by atoms with Crippen molar-refractivity contribution in [3.63, 3.8) is 0 Å². The van der Waals surface area contributed by atoms with Crippen LogP contribution in [-0.4, -0.2) is 35.9 Å². The van der Waals surface area contributed by atoms with Crippen LogP contribution in [0.2, 0.25) is 0 Å². The molecule has 2 unspecified atom stereocenters. The maximum atomic E-state index is 9.45. The number of pyridine rings is 1. The summed E-state index contributed by atoms with van der Waals surface area (Å²) >= 11 is 0. The molecule has 0 aliphatic carbocycles. The zero-order valence-electron chi connectivity index (χ0n) is 11.9. The van der Waals surface area contributed by atoms with E-state index in [2.05, 4.69) is 29.9 Å². The van der Waals surface area contributed by atoms with Crippen LogP contribution in [0.25, 0.3) is 10.8 Å². The molecule has 1 aliphatic heterocycles. The summed E-state index contributed by atoms with van der Waals surface area (Å²) in [5, 5.41) is 11.6. The molecular formula is C16H20N2O2. The fraction of sp³-hybridized carbons (Fsp3) is 0.438. The van der Waals surface area contributed by atoms with Gasteiger partial charge >= 0.3 is 0 Å². The third-order valence-corrected chi connectivity index (χ3v) is 4.19. The lowest BCUT2D eigenvalue weighted by atomic mass is 10.1. The Kier molecular flexibility index (Phi) is 3.59. The molecule has 1 aliphatic rings. The highest BCUT2D eigenvalue weighted by Crippen LogP contribution is 2.30.